The summed E-state index contributed by atoms with van der Waals surface area (Å²) >= 11 is 0. The summed E-state index contributed by atoms with van der Waals surface area (Å²) in [6.45, 7) is 3.07. The molecule has 0 N–H and O–H groups in total. The molecule has 0 aliphatic heterocycles. The topological polar surface area (TPSA) is 9.23 Å². The van der Waals surface area contributed by atoms with Crippen molar-refractivity contribution >= 4 is 11.7 Å². The molecule has 0 aromatic heterocycles. The van der Waals surface area contributed by atoms with Crippen LogP contribution in [0, 0.1) is 30.3 Å². The van der Waals surface area contributed by atoms with Gasteiger partial charge in [0.1, 0.15) is 11.6 Å². The lowest BCUT2D eigenvalue weighted by atomic mass is 9.79. The molecule has 0 bridgehead atoms. The minimum atomic E-state index is -5.20. The molecule has 1 aliphatic carbocycles. The highest BCUT2D eigenvalue weighted by Crippen LogP contribution is 2.39. The summed E-state index contributed by atoms with van der Waals surface area (Å²) in [6, 6.07) is 2.86. The van der Waals surface area contributed by atoms with Gasteiger partial charge in [0.05, 0.1) is 5.56 Å². The largest absolute Gasteiger partial charge is 0.573 e. The molecule has 1 fully saturated rings. The molecule has 0 heterocycles. The van der Waals surface area contributed by atoms with E-state index in [1.54, 1.807) is 0 Å². The maximum Gasteiger partial charge on any atom is 0.573 e. The zero-order valence-corrected chi connectivity index (χ0v) is 17.2. The van der Waals surface area contributed by atoms with Gasteiger partial charge in [-0.15, -0.1) is 13.2 Å². The van der Waals surface area contributed by atoms with Gasteiger partial charge in [0, 0.05) is 5.56 Å². The molecule has 0 radical (unpaired) electrons. The lowest BCUT2D eigenvalue weighted by molar-refractivity contribution is -0.275. The van der Waals surface area contributed by atoms with E-state index in [0.29, 0.717) is 17.5 Å². The van der Waals surface area contributed by atoms with Crippen molar-refractivity contribution in [1.82, 2.24) is 0 Å². The smallest absolute Gasteiger partial charge is 0.402 e. The minimum Gasteiger partial charge on any atom is -0.402 e. The van der Waals surface area contributed by atoms with Crippen molar-refractivity contribution in [3.05, 3.63) is 64.0 Å². The van der Waals surface area contributed by atoms with Crippen molar-refractivity contribution in [2.24, 2.45) is 5.92 Å². The van der Waals surface area contributed by atoms with Crippen molar-refractivity contribution in [3.8, 4) is 5.75 Å². The van der Waals surface area contributed by atoms with Gasteiger partial charge in [-0.05, 0) is 67.0 Å². The van der Waals surface area contributed by atoms with E-state index in [4.69, 9.17) is 0 Å². The van der Waals surface area contributed by atoms with Crippen LogP contribution >= 0.6 is 0 Å². The quantitative estimate of drug-likeness (QED) is 0.326. The molecule has 9 heteroatoms. The summed E-state index contributed by atoms with van der Waals surface area (Å²) < 4.78 is 113. The highest BCUT2D eigenvalue weighted by atomic mass is 19.4. The van der Waals surface area contributed by atoms with Crippen LogP contribution in [0.4, 0.5) is 35.1 Å². The third-order valence-corrected chi connectivity index (χ3v) is 5.66. The zero-order chi connectivity index (χ0) is 23.8. The van der Waals surface area contributed by atoms with Gasteiger partial charge in [-0.1, -0.05) is 19.8 Å². The highest BCUT2D eigenvalue weighted by molar-refractivity contribution is 5.84. The second kappa shape index (κ2) is 9.11. The van der Waals surface area contributed by atoms with Gasteiger partial charge in [0.25, 0.3) is 0 Å². The first-order valence-corrected chi connectivity index (χ1v) is 9.98. The third kappa shape index (κ3) is 5.24. The molecule has 2 aromatic rings. The molecular formula is C23H20F8O. The van der Waals surface area contributed by atoms with E-state index in [-0.39, 0.29) is 12.0 Å². The monoisotopic (exact) mass is 464 g/mol. The van der Waals surface area contributed by atoms with Gasteiger partial charge in [-0.3, -0.25) is 0 Å². The molecule has 0 atom stereocenters. The van der Waals surface area contributed by atoms with Crippen LogP contribution in [0.2, 0.25) is 0 Å². The normalized spacial score (nSPS) is 20.2. The SMILES string of the molecule is Cc1cc(/C(F)=C(\F)c2c(F)cc(C3CCC(C)CC3)cc2F)cc(F)c1OC(F)(F)F. The second-order valence-electron chi connectivity index (χ2n) is 8.10. The molecule has 2 aromatic carbocycles. The molecular weight excluding hydrogens is 444 g/mol. The predicted molar refractivity (Wildman–Crippen MR) is 104 cm³/mol. The van der Waals surface area contributed by atoms with E-state index >= 15 is 0 Å². The van der Waals surface area contributed by atoms with Gasteiger partial charge in [-0.25, -0.2) is 22.0 Å². The van der Waals surface area contributed by atoms with Crippen LogP contribution in [0.15, 0.2) is 24.3 Å². The molecule has 32 heavy (non-hydrogen) atoms. The number of benzene rings is 2. The van der Waals surface area contributed by atoms with Crippen molar-refractivity contribution in [2.75, 3.05) is 0 Å². The number of ether oxygens (including phenoxy) is 1. The Labute approximate surface area is 179 Å². The minimum absolute atomic E-state index is 0.0981. The summed E-state index contributed by atoms with van der Waals surface area (Å²) in [5.74, 6) is -8.79. The van der Waals surface area contributed by atoms with Crippen LogP contribution in [0.3, 0.4) is 0 Å². The first-order chi connectivity index (χ1) is 14.9. The zero-order valence-electron chi connectivity index (χ0n) is 17.2. The van der Waals surface area contributed by atoms with E-state index in [9.17, 15) is 35.1 Å². The van der Waals surface area contributed by atoms with Crippen LogP contribution in [0.5, 0.6) is 5.75 Å². The highest BCUT2D eigenvalue weighted by Gasteiger charge is 2.33. The van der Waals surface area contributed by atoms with Gasteiger partial charge in [-0.2, -0.15) is 0 Å². The van der Waals surface area contributed by atoms with E-state index in [1.165, 1.54) is 0 Å². The molecule has 1 aliphatic rings. The van der Waals surface area contributed by atoms with Crippen molar-refractivity contribution < 1.29 is 39.9 Å². The Morgan fingerprint density at radius 2 is 1.41 bits per heavy atom. The summed E-state index contributed by atoms with van der Waals surface area (Å²) in [5, 5.41) is 0. The average molecular weight is 464 g/mol. The Hall–Kier alpha value is -2.58. The van der Waals surface area contributed by atoms with E-state index in [0.717, 1.165) is 44.7 Å². The molecule has 0 amide bonds. The summed E-state index contributed by atoms with van der Waals surface area (Å²) in [6.07, 6.45) is -1.99. The molecule has 1 saturated carbocycles. The van der Waals surface area contributed by atoms with Crippen molar-refractivity contribution in [3.63, 3.8) is 0 Å². The van der Waals surface area contributed by atoms with Crippen molar-refractivity contribution in [1.29, 1.82) is 0 Å². The van der Waals surface area contributed by atoms with Gasteiger partial charge < -0.3 is 4.74 Å². The maximum atomic E-state index is 14.7. The third-order valence-electron chi connectivity index (χ3n) is 5.66. The van der Waals surface area contributed by atoms with Crippen LogP contribution in [0.1, 0.15) is 60.8 Å². The average Bonchev–Trinajstić information content (AvgIpc) is 2.69. The van der Waals surface area contributed by atoms with E-state index in [1.807, 2.05) is 0 Å². The summed E-state index contributed by atoms with van der Waals surface area (Å²) in [4.78, 5) is 0. The maximum absolute atomic E-state index is 14.7. The number of rotatable bonds is 4. The fourth-order valence-corrected chi connectivity index (χ4v) is 3.97. The Morgan fingerprint density at radius 1 is 0.844 bits per heavy atom. The molecule has 3 rings (SSSR count). The van der Waals surface area contributed by atoms with Gasteiger partial charge in [0.15, 0.2) is 23.2 Å². The lowest BCUT2D eigenvalue weighted by Gasteiger charge is -2.26. The standard InChI is InChI=1S/C23H20F8O/c1-11-3-5-13(6-4-11)14-8-16(24)19(17(25)9-14)21(28)20(27)15-7-12(2)22(18(26)10-15)32-23(29,30)31/h7-11,13H,3-6H2,1-2H3/b21-20+. The van der Waals surface area contributed by atoms with Crippen LogP contribution in [0.25, 0.3) is 11.7 Å². The second-order valence-corrected chi connectivity index (χ2v) is 8.10. The number of aryl methyl sites for hydroxylation is 1. The van der Waals surface area contributed by atoms with Gasteiger partial charge in [0.2, 0.25) is 0 Å². The molecule has 0 unspecified atom stereocenters. The van der Waals surface area contributed by atoms with Crippen molar-refractivity contribution in [2.45, 2.75) is 51.8 Å². The van der Waals surface area contributed by atoms with Gasteiger partial charge >= 0.3 is 6.36 Å². The number of hydrogen-bond acceptors (Lipinski definition) is 1. The molecule has 1 nitrogen and oxygen atoms in total. The first-order valence-electron chi connectivity index (χ1n) is 9.98. The fourth-order valence-electron chi connectivity index (χ4n) is 3.97. The molecule has 174 valence electrons. The summed E-state index contributed by atoms with van der Waals surface area (Å²) in [7, 11) is 0. The Balaban J connectivity index is 1.97. The Kier molecular flexibility index (Phi) is 6.86. The van der Waals surface area contributed by atoms with Crippen LogP contribution in [-0.4, -0.2) is 6.36 Å². The Bertz CT molecular complexity index is 987. The van der Waals surface area contributed by atoms with E-state index < -0.39 is 57.9 Å². The van der Waals surface area contributed by atoms with Crippen LogP contribution in [-0.2, 0) is 0 Å². The first kappa shape index (κ1) is 24.1. The molecule has 0 spiro atoms. The number of halogens is 8. The van der Waals surface area contributed by atoms with Crippen LogP contribution < -0.4 is 4.74 Å². The molecule has 0 saturated heterocycles. The number of hydrogen-bond donors (Lipinski definition) is 0. The van der Waals surface area contributed by atoms with E-state index in [2.05, 4.69) is 11.7 Å². The Morgan fingerprint density at radius 3 is 1.91 bits per heavy atom. The summed E-state index contributed by atoms with van der Waals surface area (Å²) in [5.41, 5.74) is -2.22. The predicted octanol–water partition coefficient (Wildman–Crippen LogP) is 8.37. The number of alkyl halides is 3. The lowest BCUT2D eigenvalue weighted by Crippen LogP contribution is -2.18. The fraction of sp³-hybridized carbons (Fsp3) is 0.391.